The Morgan fingerprint density at radius 2 is 1.69 bits per heavy atom. The van der Waals surface area contributed by atoms with Crippen LogP contribution in [0.25, 0.3) is 11.1 Å². The summed E-state index contributed by atoms with van der Waals surface area (Å²) in [7, 11) is 4.24. The summed E-state index contributed by atoms with van der Waals surface area (Å²) in [5.74, 6) is -3.31. The number of fused-ring (bicyclic) bond motifs is 1. The first-order valence-electron chi connectivity index (χ1n) is 10.8. The highest BCUT2D eigenvalue weighted by Crippen LogP contribution is 2.42. The first-order chi connectivity index (χ1) is 17.3. The van der Waals surface area contributed by atoms with Crippen molar-refractivity contribution in [2.45, 2.75) is 12.2 Å². The van der Waals surface area contributed by atoms with E-state index in [4.69, 9.17) is 14.2 Å². The summed E-state index contributed by atoms with van der Waals surface area (Å²) >= 11 is 0. The summed E-state index contributed by atoms with van der Waals surface area (Å²) in [5, 5.41) is 14.6. The SMILES string of the molecule is CNC(=O)C1OC(C(=O)NC)c2c(C(=O)O)cc(Oc3ccc(-c4cccc(OC)c4)cc3F)nc21. The Kier molecular flexibility index (Phi) is 6.84. The predicted octanol–water partition coefficient (Wildman–Crippen LogP) is 2.99. The van der Waals surface area contributed by atoms with Gasteiger partial charge in [-0.15, -0.1) is 0 Å². The molecule has 0 bridgehead atoms. The maximum Gasteiger partial charge on any atom is 0.336 e. The third kappa shape index (κ3) is 4.56. The number of halogens is 1. The third-order valence-electron chi connectivity index (χ3n) is 5.60. The molecule has 2 heterocycles. The van der Waals surface area contributed by atoms with Gasteiger partial charge < -0.3 is 30.0 Å². The molecule has 10 nitrogen and oxygen atoms in total. The molecular weight excluding hydrogens is 473 g/mol. The van der Waals surface area contributed by atoms with Crippen molar-refractivity contribution >= 4 is 17.8 Å². The Balaban J connectivity index is 1.74. The molecule has 36 heavy (non-hydrogen) atoms. The molecule has 0 saturated heterocycles. The number of aromatic nitrogens is 1. The standard InChI is InChI=1S/C25H22FN3O7/c1-27-23(30)21-19-15(25(32)33)11-18(29-20(19)22(36-21)24(31)28-2)35-17-8-7-13(10-16(17)26)12-5-4-6-14(9-12)34-3/h4-11,21-22H,1-3H3,(H,27,30)(H,28,31)(H,32,33). The maximum atomic E-state index is 15.0. The van der Waals surface area contributed by atoms with Crippen molar-refractivity contribution in [1.82, 2.24) is 15.6 Å². The Bertz CT molecular complexity index is 1360. The lowest BCUT2D eigenvalue weighted by Gasteiger charge is -2.13. The second-order valence-corrected chi connectivity index (χ2v) is 7.72. The van der Waals surface area contributed by atoms with Gasteiger partial charge in [-0.05, 0) is 35.4 Å². The van der Waals surface area contributed by atoms with Crippen LogP contribution >= 0.6 is 0 Å². The van der Waals surface area contributed by atoms with Gasteiger partial charge in [-0.1, -0.05) is 18.2 Å². The van der Waals surface area contributed by atoms with Crippen LogP contribution in [0.1, 0.15) is 33.8 Å². The zero-order valence-electron chi connectivity index (χ0n) is 19.5. The smallest absolute Gasteiger partial charge is 0.336 e. The summed E-state index contributed by atoms with van der Waals surface area (Å²) < 4.78 is 31.3. The molecule has 0 fully saturated rings. The number of carbonyl (C=O) groups is 3. The summed E-state index contributed by atoms with van der Waals surface area (Å²) in [6.45, 7) is 0. The van der Waals surface area contributed by atoms with Crippen LogP contribution in [-0.2, 0) is 14.3 Å². The van der Waals surface area contributed by atoms with Gasteiger partial charge in [0.25, 0.3) is 11.8 Å². The van der Waals surface area contributed by atoms with E-state index in [1.807, 2.05) is 0 Å². The lowest BCUT2D eigenvalue weighted by atomic mass is 10.00. The fraction of sp³-hybridized carbons (Fsp3) is 0.200. The van der Waals surface area contributed by atoms with Gasteiger partial charge in [0, 0.05) is 25.7 Å². The maximum absolute atomic E-state index is 15.0. The van der Waals surface area contributed by atoms with E-state index in [1.165, 1.54) is 33.3 Å². The number of nitrogens with zero attached hydrogens (tertiary/aromatic N) is 1. The van der Waals surface area contributed by atoms with Gasteiger partial charge in [-0.3, -0.25) is 9.59 Å². The number of nitrogens with one attached hydrogen (secondary N) is 2. The summed E-state index contributed by atoms with van der Waals surface area (Å²) in [4.78, 5) is 41.0. The van der Waals surface area contributed by atoms with Crippen molar-refractivity contribution in [3.63, 3.8) is 0 Å². The van der Waals surface area contributed by atoms with Crippen LogP contribution in [0.2, 0.25) is 0 Å². The molecule has 2 amide bonds. The molecule has 0 spiro atoms. The van der Waals surface area contributed by atoms with Gasteiger partial charge in [-0.25, -0.2) is 14.2 Å². The van der Waals surface area contributed by atoms with E-state index in [0.29, 0.717) is 11.3 Å². The molecule has 0 aliphatic carbocycles. The molecule has 1 aromatic heterocycles. The number of hydrogen-bond acceptors (Lipinski definition) is 7. The first kappa shape index (κ1) is 24.6. The zero-order valence-corrected chi connectivity index (χ0v) is 19.5. The highest BCUT2D eigenvalue weighted by Gasteiger charge is 2.44. The van der Waals surface area contributed by atoms with E-state index in [0.717, 1.165) is 11.6 Å². The molecule has 1 aliphatic rings. The molecule has 2 aromatic carbocycles. The van der Waals surface area contributed by atoms with Gasteiger partial charge >= 0.3 is 5.97 Å². The molecule has 4 rings (SSSR count). The normalized spacial score (nSPS) is 16.1. The summed E-state index contributed by atoms with van der Waals surface area (Å²) in [5.41, 5.74) is 0.745. The van der Waals surface area contributed by atoms with Gasteiger partial charge in [0.05, 0.1) is 18.4 Å². The van der Waals surface area contributed by atoms with Crippen LogP contribution in [0.4, 0.5) is 4.39 Å². The fourth-order valence-electron chi connectivity index (χ4n) is 3.84. The quantitative estimate of drug-likeness (QED) is 0.455. The van der Waals surface area contributed by atoms with Crippen LogP contribution in [0.15, 0.2) is 48.5 Å². The minimum absolute atomic E-state index is 0.0726. The van der Waals surface area contributed by atoms with E-state index in [2.05, 4.69) is 15.6 Å². The lowest BCUT2D eigenvalue weighted by molar-refractivity contribution is -0.143. The average Bonchev–Trinajstić information content (AvgIpc) is 3.27. The second kappa shape index (κ2) is 10.0. The number of aromatic carboxylic acids is 1. The number of hydrogen-bond donors (Lipinski definition) is 3. The van der Waals surface area contributed by atoms with Crippen molar-refractivity contribution in [3.05, 3.63) is 71.2 Å². The molecule has 11 heteroatoms. The third-order valence-corrected chi connectivity index (χ3v) is 5.60. The largest absolute Gasteiger partial charge is 0.497 e. The minimum Gasteiger partial charge on any atom is -0.497 e. The molecule has 1 aliphatic heterocycles. The van der Waals surface area contributed by atoms with Gasteiger partial charge in [0.1, 0.15) is 5.75 Å². The molecule has 2 atom stereocenters. The number of methoxy groups -OCH3 is 1. The monoisotopic (exact) mass is 495 g/mol. The fourth-order valence-corrected chi connectivity index (χ4v) is 3.84. The van der Waals surface area contributed by atoms with Crippen LogP contribution in [0.5, 0.6) is 17.4 Å². The van der Waals surface area contributed by atoms with Crippen LogP contribution < -0.4 is 20.1 Å². The Labute approximate surface area is 205 Å². The molecule has 186 valence electrons. The number of pyridine rings is 1. The molecule has 3 N–H and O–H groups in total. The number of rotatable bonds is 7. The van der Waals surface area contributed by atoms with Crippen molar-refractivity contribution in [2.24, 2.45) is 0 Å². The summed E-state index contributed by atoms with van der Waals surface area (Å²) in [6.07, 6.45) is -2.74. The van der Waals surface area contributed by atoms with E-state index < -0.39 is 35.8 Å². The molecule has 0 saturated carbocycles. The van der Waals surface area contributed by atoms with Gasteiger partial charge in [0.2, 0.25) is 5.88 Å². The minimum atomic E-state index is -1.40. The Hall–Kier alpha value is -4.51. The lowest BCUT2D eigenvalue weighted by Crippen LogP contribution is -2.29. The molecule has 3 aromatic rings. The number of carbonyl (C=O) groups excluding carboxylic acids is 2. The highest BCUT2D eigenvalue weighted by molar-refractivity contribution is 5.96. The molecular formula is C25H22FN3O7. The van der Waals surface area contributed by atoms with E-state index in [1.54, 1.807) is 30.3 Å². The Morgan fingerprint density at radius 1 is 1.00 bits per heavy atom. The second-order valence-electron chi connectivity index (χ2n) is 7.72. The predicted molar refractivity (Wildman–Crippen MR) is 124 cm³/mol. The number of carboxylic acid groups (broad SMARTS) is 1. The number of carboxylic acids is 1. The van der Waals surface area contributed by atoms with Crippen molar-refractivity contribution in [3.8, 4) is 28.5 Å². The Morgan fingerprint density at radius 3 is 2.33 bits per heavy atom. The van der Waals surface area contributed by atoms with E-state index >= 15 is 0 Å². The number of amides is 2. The van der Waals surface area contributed by atoms with Crippen LogP contribution in [0.3, 0.4) is 0 Å². The number of ether oxygens (including phenoxy) is 3. The average molecular weight is 495 g/mol. The summed E-state index contributed by atoms with van der Waals surface area (Å²) in [6, 6.07) is 12.4. The first-order valence-corrected chi connectivity index (χ1v) is 10.8. The zero-order chi connectivity index (χ0) is 26.0. The number of benzene rings is 2. The number of likely N-dealkylation sites (N-methyl/N-ethyl adjacent to an activating group) is 2. The van der Waals surface area contributed by atoms with Gasteiger partial charge in [-0.2, -0.15) is 0 Å². The van der Waals surface area contributed by atoms with E-state index in [-0.39, 0.29) is 28.5 Å². The van der Waals surface area contributed by atoms with E-state index in [9.17, 15) is 23.9 Å². The van der Waals surface area contributed by atoms with Gasteiger partial charge in [0.15, 0.2) is 23.8 Å². The van der Waals surface area contributed by atoms with Crippen molar-refractivity contribution in [1.29, 1.82) is 0 Å². The molecule has 0 radical (unpaired) electrons. The molecule has 2 unspecified atom stereocenters. The van der Waals surface area contributed by atoms with Crippen molar-refractivity contribution in [2.75, 3.05) is 21.2 Å². The van der Waals surface area contributed by atoms with Crippen LogP contribution in [0, 0.1) is 5.82 Å². The highest BCUT2D eigenvalue weighted by atomic mass is 19.1. The topological polar surface area (TPSA) is 136 Å². The van der Waals surface area contributed by atoms with Crippen LogP contribution in [-0.4, -0.2) is 49.1 Å². The van der Waals surface area contributed by atoms with Crippen molar-refractivity contribution < 1.29 is 38.1 Å².